The molecule has 4 fully saturated rings. The summed E-state index contributed by atoms with van der Waals surface area (Å²) >= 11 is 0. The van der Waals surface area contributed by atoms with E-state index in [4.69, 9.17) is 4.74 Å². The number of likely N-dealkylation sites (tertiary alicyclic amines) is 1. The number of para-hydroxylation sites is 2. The number of halogens is 1. The van der Waals surface area contributed by atoms with Crippen molar-refractivity contribution in [2.45, 2.75) is 63.5 Å². The molecule has 188 valence electrons. The van der Waals surface area contributed by atoms with E-state index in [1.54, 1.807) is 0 Å². The summed E-state index contributed by atoms with van der Waals surface area (Å²) in [5, 5.41) is 3.40. The molecule has 0 spiro atoms. The number of rotatable bonds is 10. The lowest BCUT2D eigenvalue weighted by atomic mass is 10.1. The number of nitrogens with zero attached hydrogens (tertiary/aromatic N) is 3. The van der Waals surface area contributed by atoms with Crippen LogP contribution in [0.3, 0.4) is 0 Å². The smallest absolute Gasteiger partial charge is 0.234 e. The number of amides is 2. The van der Waals surface area contributed by atoms with E-state index in [9.17, 15) is 9.59 Å². The first-order chi connectivity index (χ1) is 16.2. The van der Waals surface area contributed by atoms with Crippen LogP contribution in [-0.4, -0.2) is 79.6 Å². The highest BCUT2D eigenvalue weighted by atomic mass is 35.5. The van der Waals surface area contributed by atoms with Gasteiger partial charge in [0.2, 0.25) is 11.8 Å². The summed E-state index contributed by atoms with van der Waals surface area (Å²) in [5.74, 6) is 0.894. The lowest BCUT2D eigenvalue weighted by Gasteiger charge is -2.37. The van der Waals surface area contributed by atoms with Crippen molar-refractivity contribution in [2.24, 2.45) is 5.92 Å². The standard InChI is InChI=1S/C26H38N4O3.ClH/c31-25-18-20(19-27-21-10-11-21)26(32)30(25)13-5-12-28-14-16-29(17-15-28)23-8-3-4-9-24(23)33-22-6-1-2-7-22;/h3-4,8-9,20-22,27H,1-2,5-7,10-19H2;1H. The third-order valence-corrected chi connectivity index (χ3v) is 7.60. The summed E-state index contributed by atoms with van der Waals surface area (Å²) in [6.45, 7) is 6.07. The Kier molecular flexibility index (Phi) is 8.72. The highest BCUT2D eigenvalue weighted by Crippen LogP contribution is 2.32. The van der Waals surface area contributed by atoms with Crippen LogP contribution in [0.2, 0.25) is 0 Å². The first-order valence-electron chi connectivity index (χ1n) is 13.0. The monoisotopic (exact) mass is 490 g/mol. The molecule has 8 heteroatoms. The molecular weight excluding hydrogens is 452 g/mol. The summed E-state index contributed by atoms with van der Waals surface area (Å²) < 4.78 is 6.34. The Morgan fingerprint density at radius 2 is 1.68 bits per heavy atom. The number of hydrogen-bond donors (Lipinski definition) is 1. The number of hydrogen-bond acceptors (Lipinski definition) is 6. The van der Waals surface area contributed by atoms with Gasteiger partial charge in [-0.05, 0) is 63.6 Å². The quantitative estimate of drug-likeness (QED) is 0.508. The van der Waals surface area contributed by atoms with Gasteiger partial charge in [-0.2, -0.15) is 0 Å². The minimum atomic E-state index is -0.159. The van der Waals surface area contributed by atoms with E-state index in [1.807, 2.05) is 0 Å². The van der Waals surface area contributed by atoms with Crippen molar-refractivity contribution in [1.29, 1.82) is 0 Å². The van der Waals surface area contributed by atoms with Gasteiger partial charge in [0, 0.05) is 51.7 Å². The number of benzene rings is 1. The third-order valence-electron chi connectivity index (χ3n) is 7.60. The molecule has 1 atom stereocenters. The van der Waals surface area contributed by atoms with Gasteiger partial charge in [-0.3, -0.25) is 19.4 Å². The van der Waals surface area contributed by atoms with Crippen molar-refractivity contribution in [3.05, 3.63) is 24.3 Å². The van der Waals surface area contributed by atoms with Gasteiger partial charge < -0.3 is 15.0 Å². The summed E-state index contributed by atoms with van der Waals surface area (Å²) in [5.41, 5.74) is 1.21. The van der Waals surface area contributed by atoms with Crippen molar-refractivity contribution >= 4 is 29.9 Å². The fourth-order valence-corrected chi connectivity index (χ4v) is 5.41. The second-order valence-corrected chi connectivity index (χ2v) is 10.1. The van der Waals surface area contributed by atoms with Crippen LogP contribution in [-0.2, 0) is 9.59 Å². The van der Waals surface area contributed by atoms with Gasteiger partial charge in [-0.1, -0.05) is 12.1 Å². The molecule has 1 aromatic rings. The molecule has 1 N–H and O–H groups in total. The van der Waals surface area contributed by atoms with Crippen molar-refractivity contribution in [3.63, 3.8) is 0 Å². The molecular formula is C26H39ClN4O3. The maximum atomic E-state index is 12.6. The molecule has 2 aliphatic heterocycles. The van der Waals surface area contributed by atoms with Crippen molar-refractivity contribution in [2.75, 3.05) is 50.7 Å². The molecule has 2 saturated carbocycles. The molecule has 7 nitrogen and oxygen atoms in total. The van der Waals surface area contributed by atoms with Crippen LogP contribution in [0.25, 0.3) is 0 Å². The first kappa shape index (κ1) is 25.3. The Morgan fingerprint density at radius 1 is 0.941 bits per heavy atom. The number of piperazine rings is 1. The average molecular weight is 491 g/mol. The van der Waals surface area contributed by atoms with E-state index in [-0.39, 0.29) is 30.1 Å². The minimum absolute atomic E-state index is 0. The largest absolute Gasteiger partial charge is 0.488 e. The van der Waals surface area contributed by atoms with E-state index in [0.29, 0.717) is 31.7 Å². The number of ether oxygens (including phenoxy) is 1. The van der Waals surface area contributed by atoms with Gasteiger partial charge in [-0.25, -0.2) is 0 Å². The summed E-state index contributed by atoms with van der Waals surface area (Å²) in [6, 6.07) is 9.02. The molecule has 4 aliphatic rings. The maximum absolute atomic E-state index is 12.6. The molecule has 2 amide bonds. The van der Waals surface area contributed by atoms with Gasteiger partial charge in [0.15, 0.2) is 0 Å². The van der Waals surface area contributed by atoms with Gasteiger partial charge in [0.25, 0.3) is 0 Å². The van der Waals surface area contributed by atoms with Crippen molar-refractivity contribution < 1.29 is 14.3 Å². The predicted octanol–water partition coefficient (Wildman–Crippen LogP) is 3.07. The molecule has 2 saturated heterocycles. The van der Waals surface area contributed by atoms with E-state index in [0.717, 1.165) is 44.9 Å². The van der Waals surface area contributed by atoms with E-state index < -0.39 is 0 Å². The Hall–Kier alpha value is -1.83. The highest BCUT2D eigenvalue weighted by molar-refractivity contribution is 6.03. The van der Waals surface area contributed by atoms with Gasteiger partial charge in [0.05, 0.1) is 17.7 Å². The Morgan fingerprint density at radius 3 is 2.41 bits per heavy atom. The van der Waals surface area contributed by atoms with Gasteiger partial charge in [-0.15, -0.1) is 12.4 Å². The maximum Gasteiger partial charge on any atom is 0.234 e. The SMILES string of the molecule is Cl.O=C1CC(CNC2CC2)C(=O)N1CCCN1CCN(c2ccccc2OC2CCCC2)CC1. The zero-order valence-electron chi connectivity index (χ0n) is 20.1. The summed E-state index contributed by atoms with van der Waals surface area (Å²) in [7, 11) is 0. The van der Waals surface area contributed by atoms with Gasteiger partial charge >= 0.3 is 0 Å². The Labute approximate surface area is 209 Å². The van der Waals surface area contributed by atoms with Crippen molar-refractivity contribution in [1.82, 2.24) is 15.1 Å². The highest BCUT2D eigenvalue weighted by Gasteiger charge is 2.38. The Bertz CT molecular complexity index is 835. The molecule has 34 heavy (non-hydrogen) atoms. The Balaban J connectivity index is 0.00000274. The predicted molar refractivity (Wildman–Crippen MR) is 136 cm³/mol. The lowest BCUT2D eigenvalue weighted by Crippen LogP contribution is -2.47. The van der Waals surface area contributed by atoms with Crippen LogP contribution in [0.4, 0.5) is 5.69 Å². The summed E-state index contributed by atoms with van der Waals surface area (Å²) in [4.78, 5) is 31.4. The number of nitrogens with one attached hydrogen (secondary N) is 1. The topological polar surface area (TPSA) is 65.1 Å². The zero-order chi connectivity index (χ0) is 22.6. The van der Waals surface area contributed by atoms with Gasteiger partial charge in [0.1, 0.15) is 5.75 Å². The number of anilines is 1. The van der Waals surface area contributed by atoms with E-state index in [2.05, 4.69) is 39.4 Å². The van der Waals surface area contributed by atoms with Crippen LogP contribution < -0.4 is 15.0 Å². The molecule has 1 aromatic carbocycles. The molecule has 2 aliphatic carbocycles. The minimum Gasteiger partial charge on any atom is -0.488 e. The second kappa shape index (κ2) is 11.7. The number of carbonyl (C=O) groups is 2. The molecule has 0 bridgehead atoms. The molecule has 0 radical (unpaired) electrons. The molecule has 0 aromatic heterocycles. The van der Waals surface area contributed by atoms with E-state index >= 15 is 0 Å². The molecule has 1 unspecified atom stereocenters. The van der Waals surface area contributed by atoms with Crippen LogP contribution in [0, 0.1) is 5.92 Å². The fraction of sp³-hybridized carbons (Fsp3) is 0.692. The second-order valence-electron chi connectivity index (χ2n) is 10.1. The number of carbonyl (C=O) groups excluding carboxylic acids is 2. The third kappa shape index (κ3) is 6.23. The number of imide groups is 1. The van der Waals surface area contributed by atoms with E-state index in [1.165, 1.54) is 49.1 Å². The average Bonchev–Trinajstić information content (AvgIpc) is 3.45. The lowest BCUT2D eigenvalue weighted by molar-refractivity contribution is -0.139. The molecule has 5 rings (SSSR count). The van der Waals surface area contributed by atoms with Crippen LogP contribution in [0.5, 0.6) is 5.75 Å². The van der Waals surface area contributed by atoms with Crippen molar-refractivity contribution in [3.8, 4) is 5.75 Å². The van der Waals surface area contributed by atoms with Crippen LogP contribution in [0.1, 0.15) is 51.4 Å². The normalized spacial score (nSPS) is 24.1. The molecule has 2 heterocycles. The first-order valence-corrected chi connectivity index (χ1v) is 13.0. The zero-order valence-corrected chi connectivity index (χ0v) is 20.9. The fourth-order valence-electron chi connectivity index (χ4n) is 5.41. The van der Waals surface area contributed by atoms with Crippen LogP contribution in [0.15, 0.2) is 24.3 Å². The van der Waals surface area contributed by atoms with Crippen LogP contribution >= 0.6 is 12.4 Å². The summed E-state index contributed by atoms with van der Waals surface area (Å²) in [6.07, 6.45) is 8.88.